The van der Waals surface area contributed by atoms with Crippen LogP contribution in [-0.2, 0) is 41.0 Å². The van der Waals surface area contributed by atoms with Gasteiger partial charge in [0.15, 0.2) is 44.1 Å². The summed E-state index contributed by atoms with van der Waals surface area (Å²) in [6, 6.07) is 104. The third kappa shape index (κ3) is 16.5. The van der Waals surface area contributed by atoms with E-state index in [-0.39, 0.29) is 17.7 Å². The van der Waals surface area contributed by atoms with Crippen molar-refractivity contribution in [2.75, 3.05) is 0 Å². The Morgan fingerprint density at radius 1 is 0.264 bits per heavy atom. The number of aryl methyl sites for hydroxylation is 12. The number of benzene rings is 12. The first kappa shape index (κ1) is 86.2. The van der Waals surface area contributed by atoms with E-state index in [1.165, 1.54) is 174 Å². The molecule has 0 aliphatic rings. The van der Waals surface area contributed by atoms with Gasteiger partial charge in [-0.05, 0) is 253 Å². The van der Waals surface area contributed by atoms with Crippen LogP contribution in [0.3, 0.4) is 0 Å². The molecule has 0 fully saturated rings. The maximum Gasteiger partial charge on any atom is 0.296 e. The lowest BCUT2D eigenvalue weighted by molar-refractivity contribution is -0.634. The Hall–Kier alpha value is -15.0. The van der Waals surface area contributed by atoms with Gasteiger partial charge in [0, 0.05) is 71.8 Å². The summed E-state index contributed by atoms with van der Waals surface area (Å²) in [5.41, 5.74) is 41.0. The quantitative estimate of drug-likeness (QED) is 0.0902. The highest BCUT2D eigenvalue weighted by atomic mass is 19.1. The first-order valence-corrected chi connectivity index (χ1v) is 44.8. The zero-order valence-corrected chi connectivity index (χ0v) is 76.7. The number of rotatable bonds is 16. The van der Waals surface area contributed by atoms with Crippen LogP contribution in [0.1, 0.15) is 109 Å². The lowest BCUT2D eigenvalue weighted by atomic mass is 9.88. The number of aromatic nitrogens is 12. The van der Waals surface area contributed by atoms with Crippen molar-refractivity contribution in [3.8, 4) is 113 Å². The van der Waals surface area contributed by atoms with Gasteiger partial charge < -0.3 is 0 Å². The minimum Gasteiger partial charge on any atom is -0.264 e. The van der Waals surface area contributed by atoms with Gasteiger partial charge in [-0.3, -0.25) is 19.9 Å². The van der Waals surface area contributed by atoms with E-state index in [9.17, 15) is 4.39 Å². The highest BCUT2D eigenvalue weighted by Gasteiger charge is 2.36. The van der Waals surface area contributed by atoms with Crippen molar-refractivity contribution in [3.05, 3.63) is 408 Å². The number of hydrogen-bond donors (Lipinski definition) is 0. The molecule has 0 N–H and O–H groups in total. The second-order valence-electron chi connectivity index (χ2n) is 34.3. The van der Waals surface area contributed by atoms with E-state index in [1.54, 1.807) is 0 Å². The summed E-state index contributed by atoms with van der Waals surface area (Å²) in [4.78, 5) is 17.9. The first-order chi connectivity index (χ1) is 62.7. The van der Waals surface area contributed by atoms with Crippen LogP contribution >= 0.6 is 0 Å². The lowest BCUT2D eigenvalue weighted by Crippen LogP contribution is -2.30. The van der Waals surface area contributed by atoms with Crippen molar-refractivity contribution < 1.29 is 22.7 Å². The Bertz CT molecular complexity index is 7470. The highest BCUT2D eigenvalue weighted by molar-refractivity contribution is 5.90. The predicted molar refractivity (Wildman–Crippen MR) is 528 cm³/mol. The molecule has 12 aromatic carbocycles. The third-order valence-corrected chi connectivity index (χ3v) is 25.4. The van der Waals surface area contributed by atoms with Crippen LogP contribution in [0, 0.1) is 47.4 Å². The fourth-order valence-corrected chi connectivity index (χ4v) is 18.8. The maximum absolute atomic E-state index is 13.7. The van der Waals surface area contributed by atoms with Gasteiger partial charge in [-0.25, -0.2) is 22.7 Å². The van der Waals surface area contributed by atoms with Gasteiger partial charge in [0.25, 0.3) is 23.3 Å². The van der Waals surface area contributed by atoms with E-state index in [4.69, 9.17) is 0 Å². The second-order valence-corrected chi connectivity index (χ2v) is 34.3. The van der Waals surface area contributed by atoms with Gasteiger partial charge >= 0.3 is 0 Å². The van der Waals surface area contributed by atoms with Crippen molar-refractivity contribution in [1.29, 1.82) is 0 Å². The summed E-state index contributed by atoms with van der Waals surface area (Å²) >= 11 is 0. The first-order valence-electron chi connectivity index (χ1n) is 44.8. The van der Waals surface area contributed by atoms with Gasteiger partial charge in [-0.2, -0.15) is 18.3 Å². The Morgan fingerprint density at radius 3 is 0.938 bits per heavy atom. The van der Waals surface area contributed by atoms with E-state index >= 15 is 0 Å². The standard InChI is InChI=1S/C33H28N3.C32H33FN3.C27H24N3.C24H26N3/c1-23-18-19-34-22-29(23)33-35(3)30-16-10-11-17-31(30)36(33)32-24(2)20-27(25-12-6-4-7-13-25)21-28(32)26-14-8-5-9-15-26;1-20(2)26-17-24(23-11-13-25(33)14-12-23)18-27(21(3)4)31(26)36-30-10-8-7-9-29(30)35(6)32(36)28-19-34-16-15-22(28)5;1-19-16-17-28-18-23(19)27-29(3)24-14-7-8-15-25(24)30(27)26-20(2)10-9-13-22(26)21-11-5-4-6-12-21;1-5-18-10-9-11-19(6-2)23(18)27-22-13-8-7-12-21(22)26(4)24(27)20-16-25-15-14-17(20)3/h4-22H,1-3H3;7-21H,1-6H3;4-18H,1-3H3;7-16H,5-6H2,1-4H3/q4*+1. The van der Waals surface area contributed by atoms with E-state index in [1.807, 2.05) is 61.7 Å². The molecule has 0 unspecified atom stereocenters. The zero-order valence-electron chi connectivity index (χ0n) is 76.7. The van der Waals surface area contributed by atoms with Crippen LogP contribution in [0.15, 0.2) is 347 Å². The van der Waals surface area contributed by atoms with E-state index in [0.717, 1.165) is 63.6 Å². The van der Waals surface area contributed by atoms with Crippen LogP contribution in [0.5, 0.6) is 0 Å². The minimum absolute atomic E-state index is 0.216. The molecule has 0 spiro atoms. The molecule has 13 heteroatoms. The Morgan fingerprint density at radius 2 is 0.574 bits per heavy atom. The van der Waals surface area contributed by atoms with E-state index < -0.39 is 0 Å². The molecule has 0 amide bonds. The van der Waals surface area contributed by atoms with Crippen molar-refractivity contribution in [1.82, 2.24) is 38.2 Å². The molecule has 638 valence electrons. The molecule has 20 rings (SSSR count). The number of hydrogen-bond acceptors (Lipinski definition) is 4. The summed E-state index contributed by atoms with van der Waals surface area (Å²) in [7, 11) is 8.58. The number of nitrogens with zero attached hydrogens (tertiary/aromatic N) is 12. The monoisotopic (exact) mass is 1690 g/mol. The van der Waals surface area contributed by atoms with Crippen LogP contribution in [0.25, 0.3) is 157 Å². The minimum atomic E-state index is -0.216. The number of pyridine rings is 4. The van der Waals surface area contributed by atoms with Crippen molar-refractivity contribution in [2.24, 2.45) is 28.2 Å². The SMILES string of the molecule is CCc1cccc(CC)c1-n1c(-c2cnccc2C)[n+](C)c2ccccc21.Cc1ccncc1-c1n(-c2c(C(C)C)cc(-c3ccc(F)cc3)cc2C(C)C)c2ccccc2[n+]1C.Cc1ccncc1-c1n(-c2c(C)cc(-c3ccccc3)cc2-c2ccccc2)c2ccccc2[n+]1C.Cc1ccncc1-c1n(-c2c(C)cccc2-c2ccccc2)c2ccccc2[n+]1C. The van der Waals surface area contributed by atoms with Crippen LogP contribution in [0.4, 0.5) is 4.39 Å². The molecule has 0 radical (unpaired) electrons. The lowest BCUT2D eigenvalue weighted by Gasteiger charge is -2.21. The van der Waals surface area contributed by atoms with Crippen molar-refractivity contribution >= 4 is 44.1 Å². The molecule has 8 heterocycles. The maximum atomic E-state index is 13.7. The molecule has 8 aromatic heterocycles. The Kier molecular flexibility index (Phi) is 24.9. The third-order valence-electron chi connectivity index (χ3n) is 25.4. The zero-order chi connectivity index (χ0) is 89.8. The van der Waals surface area contributed by atoms with Gasteiger partial charge in [0.2, 0.25) is 0 Å². The average molecular weight is 1690 g/mol. The molecule has 0 atom stereocenters. The molecule has 0 saturated heterocycles. The summed E-state index contributed by atoms with van der Waals surface area (Å²) in [5, 5.41) is 0. The predicted octanol–water partition coefficient (Wildman–Crippen LogP) is 26.1. The van der Waals surface area contributed by atoms with Gasteiger partial charge in [-0.1, -0.05) is 230 Å². The molecular formula is C116H111FN12+4. The van der Waals surface area contributed by atoms with E-state index in [2.05, 4.69) is 441 Å². The fraction of sp³-hybridized carbons (Fsp3) is 0.172. The molecular weight excluding hydrogens is 1580 g/mol. The van der Waals surface area contributed by atoms with E-state index in [0.29, 0.717) is 0 Å². The fourth-order valence-electron chi connectivity index (χ4n) is 18.8. The summed E-state index contributed by atoms with van der Waals surface area (Å²) in [5.74, 6) is 4.89. The Labute approximate surface area is 757 Å². The summed E-state index contributed by atoms with van der Waals surface area (Å²) in [6.45, 7) is 26.5. The van der Waals surface area contributed by atoms with Crippen molar-refractivity contribution in [2.45, 2.75) is 108 Å². The smallest absolute Gasteiger partial charge is 0.264 e. The normalized spacial score (nSPS) is 11.3. The van der Waals surface area contributed by atoms with Gasteiger partial charge in [-0.15, -0.1) is 0 Å². The average Bonchev–Trinajstić information content (AvgIpc) is 1.81. The van der Waals surface area contributed by atoms with Crippen LogP contribution in [-0.4, -0.2) is 38.2 Å². The van der Waals surface area contributed by atoms with Crippen LogP contribution in [0.2, 0.25) is 0 Å². The molecule has 0 bridgehead atoms. The highest BCUT2D eigenvalue weighted by Crippen LogP contribution is 2.44. The molecule has 0 saturated carbocycles. The molecule has 0 aliphatic heterocycles. The molecule has 129 heavy (non-hydrogen) atoms. The number of imidazole rings is 4. The Balaban J connectivity index is 0.000000122. The largest absolute Gasteiger partial charge is 0.296 e. The molecule has 12 nitrogen and oxygen atoms in total. The number of halogens is 1. The van der Waals surface area contributed by atoms with Gasteiger partial charge in [0.1, 0.15) is 28.6 Å². The van der Waals surface area contributed by atoms with Crippen molar-refractivity contribution in [3.63, 3.8) is 0 Å². The summed E-state index contributed by atoms with van der Waals surface area (Å²) in [6.07, 6.45) is 17.4. The van der Waals surface area contributed by atoms with Gasteiger partial charge in [0.05, 0.1) is 50.4 Å². The summed E-state index contributed by atoms with van der Waals surface area (Å²) < 4.78 is 32.5. The van der Waals surface area contributed by atoms with Crippen LogP contribution < -0.4 is 18.3 Å². The molecule has 0 aliphatic carbocycles. The number of para-hydroxylation sites is 10. The number of fused-ring (bicyclic) bond motifs is 4. The molecule has 20 aromatic rings. The topological polar surface area (TPSA) is 86.8 Å². The second kappa shape index (κ2) is 37.3.